The van der Waals surface area contributed by atoms with Crippen molar-refractivity contribution in [3.8, 4) is 17.6 Å². The molecule has 0 bridgehead atoms. The highest BCUT2D eigenvalue weighted by Crippen LogP contribution is 2.36. The number of nitrogens with zero attached hydrogens (tertiary/aromatic N) is 2. The summed E-state index contributed by atoms with van der Waals surface area (Å²) in [6.07, 6.45) is 0. The molecule has 0 radical (unpaired) electrons. The molecule has 0 aliphatic carbocycles. The molecule has 0 aromatic heterocycles. The summed E-state index contributed by atoms with van der Waals surface area (Å²) < 4.78 is 10.7. The van der Waals surface area contributed by atoms with Crippen molar-refractivity contribution in [3.05, 3.63) is 17.7 Å². The maximum Gasteiger partial charge on any atom is 0.146 e. The van der Waals surface area contributed by atoms with E-state index in [0.717, 1.165) is 22.7 Å². The molecule has 0 amide bonds. The Balaban J connectivity index is 3.16. The Morgan fingerprint density at radius 1 is 1.26 bits per heavy atom. The first kappa shape index (κ1) is 15.2. The average Bonchev–Trinajstić information content (AvgIpc) is 2.36. The lowest BCUT2D eigenvalue weighted by molar-refractivity contribution is 0.392. The standard InChI is InChI=1S/C15H22N2O2/c1-11-7-12(18-5)8-13(19-6)14(11)17(4)10-15(2,3)9-16/h7-8H,10H2,1-6H3. The number of benzene rings is 1. The van der Waals surface area contributed by atoms with E-state index in [4.69, 9.17) is 14.7 Å². The highest BCUT2D eigenvalue weighted by molar-refractivity contribution is 5.66. The highest BCUT2D eigenvalue weighted by atomic mass is 16.5. The van der Waals surface area contributed by atoms with Crippen LogP contribution in [0.3, 0.4) is 0 Å². The molecule has 0 saturated heterocycles. The largest absolute Gasteiger partial charge is 0.497 e. The van der Waals surface area contributed by atoms with Gasteiger partial charge in [0.2, 0.25) is 0 Å². The van der Waals surface area contributed by atoms with Crippen molar-refractivity contribution in [1.82, 2.24) is 0 Å². The lowest BCUT2D eigenvalue weighted by Crippen LogP contribution is -2.31. The van der Waals surface area contributed by atoms with Crippen LogP contribution in [0.25, 0.3) is 0 Å². The Morgan fingerprint density at radius 2 is 1.89 bits per heavy atom. The average molecular weight is 262 g/mol. The van der Waals surface area contributed by atoms with E-state index in [1.807, 2.05) is 40.0 Å². The quantitative estimate of drug-likeness (QED) is 0.818. The topological polar surface area (TPSA) is 45.5 Å². The van der Waals surface area contributed by atoms with Gasteiger partial charge in [-0.05, 0) is 32.4 Å². The summed E-state index contributed by atoms with van der Waals surface area (Å²) >= 11 is 0. The number of methoxy groups -OCH3 is 2. The molecule has 19 heavy (non-hydrogen) atoms. The van der Waals surface area contributed by atoms with Gasteiger partial charge in [-0.15, -0.1) is 0 Å². The summed E-state index contributed by atoms with van der Waals surface area (Å²) in [4.78, 5) is 2.05. The van der Waals surface area contributed by atoms with Gasteiger partial charge < -0.3 is 14.4 Å². The second-order valence-corrected chi connectivity index (χ2v) is 5.35. The van der Waals surface area contributed by atoms with Crippen LogP contribution in [0, 0.1) is 23.7 Å². The van der Waals surface area contributed by atoms with E-state index in [-0.39, 0.29) is 0 Å². The molecule has 4 nitrogen and oxygen atoms in total. The summed E-state index contributed by atoms with van der Waals surface area (Å²) in [5.41, 5.74) is 1.64. The van der Waals surface area contributed by atoms with E-state index in [0.29, 0.717) is 6.54 Å². The first-order valence-corrected chi connectivity index (χ1v) is 6.19. The van der Waals surface area contributed by atoms with Gasteiger partial charge in [-0.2, -0.15) is 5.26 Å². The van der Waals surface area contributed by atoms with Gasteiger partial charge in [0, 0.05) is 19.7 Å². The second kappa shape index (κ2) is 5.83. The van der Waals surface area contributed by atoms with E-state index in [1.165, 1.54) is 0 Å². The second-order valence-electron chi connectivity index (χ2n) is 5.35. The number of ether oxygens (including phenoxy) is 2. The van der Waals surface area contributed by atoms with Crippen LogP contribution in [-0.2, 0) is 0 Å². The van der Waals surface area contributed by atoms with E-state index >= 15 is 0 Å². The molecule has 0 heterocycles. The number of aryl methyl sites for hydroxylation is 1. The van der Waals surface area contributed by atoms with Gasteiger partial charge in [-0.3, -0.25) is 0 Å². The molecule has 0 unspecified atom stereocenters. The minimum atomic E-state index is -0.411. The fraction of sp³-hybridized carbons (Fsp3) is 0.533. The van der Waals surface area contributed by atoms with Crippen molar-refractivity contribution in [2.24, 2.45) is 5.41 Å². The lowest BCUT2D eigenvalue weighted by Gasteiger charge is -2.29. The van der Waals surface area contributed by atoms with Crippen LogP contribution in [0.4, 0.5) is 5.69 Å². The number of nitriles is 1. The summed E-state index contributed by atoms with van der Waals surface area (Å²) in [6, 6.07) is 6.14. The zero-order valence-corrected chi connectivity index (χ0v) is 12.6. The van der Waals surface area contributed by atoms with Crippen molar-refractivity contribution < 1.29 is 9.47 Å². The molecule has 0 aliphatic rings. The molecule has 1 aromatic carbocycles. The van der Waals surface area contributed by atoms with Crippen molar-refractivity contribution in [2.75, 3.05) is 32.7 Å². The number of rotatable bonds is 5. The molecule has 0 atom stereocenters. The molecule has 104 valence electrons. The number of hydrogen-bond acceptors (Lipinski definition) is 4. The molecule has 0 saturated carbocycles. The smallest absolute Gasteiger partial charge is 0.146 e. The molecule has 1 aromatic rings. The van der Waals surface area contributed by atoms with Gasteiger partial charge in [-0.25, -0.2) is 0 Å². The Labute approximate surface area is 115 Å². The van der Waals surface area contributed by atoms with Gasteiger partial charge >= 0.3 is 0 Å². The van der Waals surface area contributed by atoms with Crippen LogP contribution in [0.15, 0.2) is 12.1 Å². The van der Waals surface area contributed by atoms with Crippen LogP contribution in [0.5, 0.6) is 11.5 Å². The fourth-order valence-corrected chi connectivity index (χ4v) is 2.19. The van der Waals surface area contributed by atoms with Gasteiger partial charge in [0.15, 0.2) is 0 Å². The van der Waals surface area contributed by atoms with E-state index in [2.05, 4.69) is 11.0 Å². The Kier molecular flexibility index (Phi) is 4.66. The van der Waals surface area contributed by atoms with Crippen molar-refractivity contribution >= 4 is 5.69 Å². The number of hydrogen-bond donors (Lipinski definition) is 0. The van der Waals surface area contributed by atoms with Gasteiger partial charge in [0.05, 0.1) is 31.4 Å². The van der Waals surface area contributed by atoms with E-state index in [9.17, 15) is 0 Å². The van der Waals surface area contributed by atoms with Crippen LogP contribution < -0.4 is 14.4 Å². The normalized spacial score (nSPS) is 10.8. The van der Waals surface area contributed by atoms with Gasteiger partial charge in [-0.1, -0.05) is 0 Å². The Hall–Kier alpha value is -1.89. The molecule has 0 fully saturated rings. The van der Waals surface area contributed by atoms with Crippen molar-refractivity contribution in [3.63, 3.8) is 0 Å². The minimum absolute atomic E-state index is 0.411. The summed E-state index contributed by atoms with van der Waals surface area (Å²) in [6.45, 7) is 6.49. The molecule has 0 spiro atoms. The minimum Gasteiger partial charge on any atom is -0.497 e. The highest BCUT2D eigenvalue weighted by Gasteiger charge is 2.22. The zero-order valence-electron chi connectivity index (χ0n) is 12.6. The summed E-state index contributed by atoms with van der Waals surface area (Å²) in [5, 5.41) is 9.14. The van der Waals surface area contributed by atoms with Crippen molar-refractivity contribution in [1.29, 1.82) is 5.26 Å². The molecule has 0 aliphatic heterocycles. The molecule has 1 rings (SSSR count). The zero-order chi connectivity index (χ0) is 14.6. The fourth-order valence-electron chi connectivity index (χ4n) is 2.19. The predicted molar refractivity (Wildman–Crippen MR) is 76.9 cm³/mol. The SMILES string of the molecule is COc1cc(C)c(N(C)CC(C)(C)C#N)c(OC)c1. The van der Waals surface area contributed by atoms with E-state index < -0.39 is 5.41 Å². The van der Waals surface area contributed by atoms with Crippen LogP contribution in [0.2, 0.25) is 0 Å². The first-order valence-electron chi connectivity index (χ1n) is 6.19. The van der Waals surface area contributed by atoms with Crippen LogP contribution >= 0.6 is 0 Å². The summed E-state index contributed by atoms with van der Waals surface area (Å²) in [7, 11) is 5.24. The van der Waals surface area contributed by atoms with Gasteiger partial charge in [0.1, 0.15) is 11.5 Å². The third kappa shape index (κ3) is 3.54. The molecular formula is C15H22N2O2. The maximum absolute atomic E-state index is 9.14. The monoisotopic (exact) mass is 262 g/mol. The number of anilines is 1. The third-order valence-corrected chi connectivity index (χ3v) is 3.01. The maximum atomic E-state index is 9.14. The van der Waals surface area contributed by atoms with E-state index in [1.54, 1.807) is 14.2 Å². The molecule has 0 N–H and O–H groups in total. The van der Waals surface area contributed by atoms with Crippen molar-refractivity contribution in [2.45, 2.75) is 20.8 Å². The Bertz CT molecular complexity index is 490. The molecule has 4 heteroatoms. The van der Waals surface area contributed by atoms with Crippen LogP contribution in [-0.4, -0.2) is 27.8 Å². The first-order chi connectivity index (χ1) is 8.84. The third-order valence-electron chi connectivity index (χ3n) is 3.01. The van der Waals surface area contributed by atoms with Gasteiger partial charge in [0.25, 0.3) is 0 Å². The Morgan fingerprint density at radius 3 is 2.37 bits per heavy atom. The predicted octanol–water partition coefficient (Wildman–Crippen LogP) is 3.00. The van der Waals surface area contributed by atoms with Crippen LogP contribution in [0.1, 0.15) is 19.4 Å². The lowest BCUT2D eigenvalue weighted by atomic mass is 9.95. The summed E-state index contributed by atoms with van der Waals surface area (Å²) in [5.74, 6) is 1.53. The molecular weight excluding hydrogens is 240 g/mol.